The summed E-state index contributed by atoms with van der Waals surface area (Å²) in [7, 11) is 7.49. The van der Waals surface area contributed by atoms with Crippen molar-refractivity contribution in [1.29, 1.82) is 0 Å². The van der Waals surface area contributed by atoms with Gasteiger partial charge < -0.3 is 49.8 Å². The number of likely N-dealkylation sites (N-methyl/N-ethyl adjacent to an activating group) is 2. The number of nitrogens with one attached hydrogen (secondary N) is 1. The summed E-state index contributed by atoms with van der Waals surface area (Å²) in [4.78, 5) is 89.6. The van der Waals surface area contributed by atoms with Gasteiger partial charge >= 0.3 is 17.9 Å². The van der Waals surface area contributed by atoms with Crippen molar-refractivity contribution in [2.75, 3.05) is 113 Å². The van der Waals surface area contributed by atoms with Crippen LogP contribution >= 0.6 is 0 Å². The lowest BCUT2D eigenvalue weighted by molar-refractivity contribution is -0.155. The molecule has 0 fully saturated rings. The zero-order valence-electron chi connectivity index (χ0n) is 61.1. The normalized spacial score (nSPS) is 12.2. The monoisotopic (exact) mass is 1220 g/mol. The van der Waals surface area contributed by atoms with Crippen LogP contribution in [0.5, 0.6) is 0 Å². The van der Waals surface area contributed by atoms with Gasteiger partial charge in [0, 0.05) is 90.1 Å². The highest BCUT2D eigenvalue weighted by molar-refractivity contribution is 5.80. The maximum Gasteiger partial charge on any atom is 0.311 e. The Balaban J connectivity index is -0.000000168. The number of nitrogens with two attached hydrogens (primary N) is 1. The number of carbonyl (C=O) groups excluding carboxylic acids is 7. The van der Waals surface area contributed by atoms with Gasteiger partial charge in [-0.2, -0.15) is 0 Å². The first kappa shape index (κ1) is 94.8. The number of hydrogen-bond acceptors (Lipinski definition) is 13. The number of esters is 3. The Labute approximate surface area is 525 Å². The van der Waals surface area contributed by atoms with Crippen LogP contribution in [0.2, 0.25) is 0 Å². The van der Waals surface area contributed by atoms with E-state index in [2.05, 4.69) is 56.7 Å². The molecule has 0 saturated carbocycles. The van der Waals surface area contributed by atoms with E-state index in [4.69, 9.17) is 19.9 Å². The standard InChI is InChI=1S/C13H27NO.C12H25NO2.C10H21NO2.2C9H19NO.C8H17NO2.C7H15NO/c1-5-8-10-14(11-9-6-2)13(15)12(4)7-3;1-6-12(4,5)11(14)15-10-9-13(7-2)8-3;1-6-10(2,3)9(12)13-8-7-11(4)5;1-5-8(4)9(11)10(6-2)7-3;1-4-6-7-10-9(11)8(3)5-2;1-4-8(2,3)7(10)11-6-5-9;1-5-6(2)7(9)8(3)4/h12H,5-11H2,1-4H3;6-10H2,1-5H3;6-8H2,1-5H3;8H,5-7H2,1-4H3;8H,4-7H2,1-3H3,(H,10,11);4-6,9H2,1-3H3;6H,5H2,1-4H3. The molecule has 0 saturated heterocycles. The van der Waals surface area contributed by atoms with Crippen LogP contribution < -0.4 is 11.1 Å². The smallest absolute Gasteiger partial charge is 0.311 e. The minimum Gasteiger partial charge on any atom is -0.464 e. The van der Waals surface area contributed by atoms with Crippen LogP contribution in [0.25, 0.3) is 0 Å². The molecular weight excluding hydrogens is 1070 g/mol. The minimum absolute atomic E-state index is 0.0860. The molecule has 3 N–H and O–H groups in total. The molecule has 0 aliphatic carbocycles. The van der Waals surface area contributed by atoms with Gasteiger partial charge in [0.15, 0.2) is 0 Å². The number of ether oxygens (including phenoxy) is 3. The third-order valence-corrected chi connectivity index (χ3v) is 15.3. The van der Waals surface area contributed by atoms with Gasteiger partial charge in [-0.25, -0.2) is 0 Å². The van der Waals surface area contributed by atoms with E-state index in [1.54, 1.807) is 19.0 Å². The molecule has 0 radical (unpaired) electrons. The van der Waals surface area contributed by atoms with Crippen molar-refractivity contribution in [3.8, 4) is 0 Å². The first-order chi connectivity index (χ1) is 39.6. The summed E-state index contributed by atoms with van der Waals surface area (Å²) in [6.45, 7) is 57.9. The van der Waals surface area contributed by atoms with Crippen molar-refractivity contribution >= 4 is 41.5 Å². The van der Waals surface area contributed by atoms with Gasteiger partial charge in [0.2, 0.25) is 23.6 Å². The highest BCUT2D eigenvalue weighted by atomic mass is 16.5. The Morgan fingerprint density at radius 2 is 0.753 bits per heavy atom. The number of amides is 4. The zero-order valence-corrected chi connectivity index (χ0v) is 61.1. The second kappa shape index (κ2) is 59.1. The Bertz CT molecular complexity index is 1630. The molecule has 4 amide bonds. The van der Waals surface area contributed by atoms with Crippen LogP contribution in [-0.4, -0.2) is 179 Å². The molecule has 0 aliphatic heterocycles. The van der Waals surface area contributed by atoms with E-state index in [0.29, 0.717) is 32.3 Å². The summed E-state index contributed by atoms with van der Waals surface area (Å²) >= 11 is 0. The zero-order chi connectivity index (χ0) is 68.0. The molecule has 510 valence electrons. The van der Waals surface area contributed by atoms with Crippen molar-refractivity contribution in [1.82, 2.24) is 29.8 Å². The van der Waals surface area contributed by atoms with Gasteiger partial charge in [0.1, 0.15) is 19.8 Å². The molecule has 4 atom stereocenters. The summed E-state index contributed by atoms with van der Waals surface area (Å²) in [6.07, 6.45) is 13.0. The summed E-state index contributed by atoms with van der Waals surface area (Å²) in [6, 6.07) is 0. The predicted molar refractivity (Wildman–Crippen MR) is 359 cm³/mol. The van der Waals surface area contributed by atoms with Crippen LogP contribution in [0.3, 0.4) is 0 Å². The minimum atomic E-state index is -0.366. The largest absolute Gasteiger partial charge is 0.464 e. The third kappa shape index (κ3) is 53.0. The quantitative estimate of drug-likeness (QED) is 0.0345. The number of rotatable bonds is 35. The van der Waals surface area contributed by atoms with E-state index in [-0.39, 0.29) is 75.5 Å². The van der Waals surface area contributed by atoms with Gasteiger partial charge in [-0.15, -0.1) is 0 Å². The van der Waals surface area contributed by atoms with Gasteiger partial charge in [0.05, 0.1) is 16.2 Å². The van der Waals surface area contributed by atoms with E-state index in [1.165, 1.54) is 0 Å². The van der Waals surface area contributed by atoms with Crippen molar-refractivity contribution in [3.05, 3.63) is 0 Å². The Morgan fingerprint density at radius 1 is 0.424 bits per heavy atom. The second-order valence-corrected chi connectivity index (χ2v) is 24.4. The molecule has 0 heterocycles. The Hall–Kier alpha value is -3.83. The molecule has 0 aromatic heterocycles. The van der Waals surface area contributed by atoms with Gasteiger partial charge in [-0.05, 0) is 147 Å². The van der Waals surface area contributed by atoms with Crippen LogP contribution in [0, 0.1) is 39.9 Å². The molecule has 17 nitrogen and oxygen atoms in total. The Morgan fingerprint density at radius 3 is 1.02 bits per heavy atom. The van der Waals surface area contributed by atoms with Gasteiger partial charge in [-0.3, -0.25) is 33.6 Å². The first-order valence-electron chi connectivity index (χ1n) is 33.2. The number of carbonyl (C=O) groups is 7. The fraction of sp³-hybridized carbons (Fsp3) is 0.897. The fourth-order valence-corrected chi connectivity index (χ4v) is 6.20. The highest BCUT2D eigenvalue weighted by Crippen LogP contribution is 2.23. The number of unbranched alkanes of at least 4 members (excludes halogenated alkanes) is 3. The summed E-state index contributed by atoms with van der Waals surface area (Å²) < 4.78 is 15.3. The molecule has 85 heavy (non-hydrogen) atoms. The topological polar surface area (TPSA) is 201 Å². The summed E-state index contributed by atoms with van der Waals surface area (Å²) in [5.74, 6) is 1.44. The van der Waals surface area contributed by atoms with Crippen LogP contribution in [0.4, 0.5) is 0 Å². The molecule has 0 aliphatic rings. The van der Waals surface area contributed by atoms with Crippen molar-refractivity contribution in [2.24, 2.45) is 45.7 Å². The SMILES string of the molecule is CCC(C)(C)C(=O)OCCN.CCC(C)(C)C(=O)OCCN(C)C.CCC(C)C(=O)N(C)C.CCC(C)C(=O)N(CC)CC.CCCCN(CCCC)C(=O)C(C)CC.CCCCNC(=O)C(C)CC.CCN(CC)CCOC(=O)C(C)(C)CC. The molecule has 0 bridgehead atoms. The number of nitrogens with zero attached hydrogens (tertiary/aromatic N) is 5. The predicted octanol–water partition coefficient (Wildman–Crippen LogP) is 13.2. The highest BCUT2D eigenvalue weighted by Gasteiger charge is 2.29. The maximum atomic E-state index is 12.0. The van der Waals surface area contributed by atoms with E-state index in [0.717, 1.165) is 142 Å². The molecule has 0 rings (SSSR count). The number of hydrogen-bond donors (Lipinski definition) is 2. The van der Waals surface area contributed by atoms with E-state index in [1.807, 2.05) is 149 Å². The third-order valence-electron chi connectivity index (χ3n) is 15.3. The fourth-order valence-electron chi connectivity index (χ4n) is 6.20. The van der Waals surface area contributed by atoms with Gasteiger partial charge in [0.25, 0.3) is 0 Å². The lowest BCUT2D eigenvalue weighted by atomic mass is 9.91. The Kier molecular flexibility index (Phi) is 66.0. The summed E-state index contributed by atoms with van der Waals surface area (Å²) in [5, 5.41) is 2.90. The maximum absolute atomic E-state index is 12.0. The van der Waals surface area contributed by atoms with E-state index in [9.17, 15) is 33.6 Å². The average molecular weight is 1220 g/mol. The van der Waals surface area contributed by atoms with Gasteiger partial charge in [-0.1, -0.05) is 130 Å². The molecule has 0 aromatic carbocycles. The van der Waals surface area contributed by atoms with Crippen LogP contribution in [0.15, 0.2) is 0 Å². The van der Waals surface area contributed by atoms with Crippen LogP contribution in [-0.2, 0) is 47.8 Å². The average Bonchev–Trinajstić information content (AvgIpc) is 3.49. The lowest BCUT2D eigenvalue weighted by Gasteiger charge is -2.25. The van der Waals surface area contributed by atoms with Crippen molar-refractivity contribution < 1.29 is 47.8 Å². The molecule has 0 aromatic rings. The molecule has 4 unspecified atom stereocenters. The molecular formula is C68H143N7O10. The second-order valence-electron chi connectivity index (χ2n) is 24.4. The van der Waals surface area contributed by atoms with E-state index < -0.39 is 0 Å². The van der Waals surface area contributed by atoms with E-state index >= 15 is 0 Å². The summed E-state index contributed by atoms with van der Waals surface area (Å²) in [5.41, 5.74) is 4.13. The van der Waals surface area contributed by atoms with Crippen molar-refractivity contribution in [3.63, 3.8) is 0 Å². The van der Waals surface area contributed by atoms with Crippen LogP contribution in [0.1, 0.15) is 250 Å². The lowest BCUT2D eigenvalue weighted by Crippen LogP contribution is -2.36. The first-order valence-corrected chi connectivity index (χ1v) is 33.2. The molecule has 0 spiro atoms. The molecule has 17 heteroatoms. The van der Waals surface area contributed by atoms with Crippen molar-refractivity contribution in [2.45, 2.75) is 250 Å².